The quantitative estimate of drug-likeness (QED) is 0.588. The Kier molecular flexibility index (Phi) is 6.22. The van der Waals surface area contributed by atoms with E-state index in [1.54, 1.807) is 13.4 Å². The number of oxazole rings is 1. The van der Waals surface area contributed by atoms with Crippen LogP contribution in [0.4, 0.5) is 0 Å². The summed E-state index contributed by atoms with van der Waals surface area (Å²) in [5.41, 5.74) is 3.96. The zero-order valence-corrected chi connectivity index (χ0v) is 16.9. The lowest BCUT2D eigenvalue weighted by atomic mass is 10.2. The van der Waals surface area contributed by atoms with Gasteiger partial charge in [0.1, 0.15) is 18.6 Å². The highest BCUT2D eigenvalue weighted by Gasteiger charge is 2.09. The van der Waals surface area contributed by atoms with Crippen LogP contribution >= 0.6 is 11.8 Å². The van der Waals surface area contributed by atoms with Gasteiger partial charge < -0.3 is 19.2 Å². The molecule has 1 N–H and O–H groups in total. The zero-order chi connectivity index (χ0) is 19.9. The predicted molar refractivity (Wildman–Crippen MR) is 117 cm³/mol. The molecule has 3 aromatic rings. The molecule has 0 unspecified atom stereocenters. The number of hydrogen-bond donors (Lipinski definition) is 1. The summed E-state index contributed by atoms with van der Waals surface area (Å²) in [5.74, 6) is 3.95. The van der Waals surface area contributed by atoms with Gasteiger partial charge in [-0.1, -0.05) is 36.4 Å². The largest absolute Gasteiger partial charge is 0.493 e. The lowest BCUT2D eigenvalue weighted by molar-refractivity contribution is 0.280. The van der Waals surface area contributed by atoms with Crippen LogP contribution in [0.3, 0.4) is 0 Å². The summed E-state index contributed by atoms with van der Waals surface area (Å²) in [4.78, 5) is 4.49. The van der Waals surface area contributed by atoms with E-state index < -0.39 is 0 Å². The monoisotopic (exact) mass is 406 g/mol. The number of ether oxygens (including phenoxy) is 2. The summed E-state index contributed by atoms with van der Waals surface area (Å²) >= 11 is 1.88. The van der Waals surface area contributed by atoms with Gasteiger partial charge in [-0.2, -0.15) is 0 Å². The van der Waals surface area contributed by atoms with Crippen molar-refractivity contribution in [3.8, 4) is 23.0 Å². The Morgan fingerprint density at radius 2 is 2.07 bits per heavy atom. The maximum Gasteiger partial charge on any atom is 0.226 e. The van der Waals surface area contributed by atoms with Crippen LogP contribution in [0.5, 0.6) is 11.5 Å². The van der Waals surface area contributed by atoms with Gasteiger partial charge >= 0.3 is 0 Å². The van der Waals surface area contributed by atoms with Crippen LogP contribution in [0, 0.1) is 0 Å². The third-order valence-corrected chi connectivity index (χ3v) is 5.24. The zero-order valence-electron chi connectivity index (χ0n) is 16.1. The molecule has 0 bridgehead atoms. The fourth-order valence-corrected chi connectivity index (χ4v) is 3.69. The highest BCUT2D eigenvalue weighted by Crippen LogP contribution is 2.29. The van der Waals surface area contributed by atoms with Crippen LogP contribution in [0.25, 0.3) is 17.5 Å². The van der Waals surface area contributed by atoms with Gasteiger partial charge in [-0.3, -0.25) is 0 Å². The lowest BCUT2D eigenvalue weighted by Gasteiger charge is -2.10. The van der Waals surface area contributed by atoms with E-state index in [0.717, 1.165) is 28.5 Å². The van der Waals surface area contributed by atoms with E-state index >= 15 is 0 Å². The standard InChI is InChI=1S/C23H22N2O3S/c1-26-22-12-17(6-5-9-19-15-29-16-24-19)10-11-21(22)27-13-20-14-28-23(25-20)18-7-3-2-4-8-18/h2-12,14,24H,13,15-16H2,1H3. The third kappa shape index (κ3) is 5.03. The summed E-state index contributed by atoms with van der Waals surface area (Å²) in [6.07, 6.45) is 7.82. The van der Waals surface area contributed by atoms with E-state index in [0.29, 0.717) is 24.0 Å². The van der Waals surface area contributed by atoms with Gasteiger partial charge in [0.15, 0.2) is 11.5 Å². The highest BCUT2D eigenvalue weighted by molar-refractivity contribution is 7.99. The molecule has 148 valence electrons. The fraction of sp³-hybridized carbons (Fsp3) is 0.174. The second-order valence-corrected chi connectivity index (χ2v) is 7.42. The van der Waals surface area contributed by atoms with Crippen molar-refractivity contribution in [3.05, 3.63) is 83.9 Å². The van der Waals surface area contributed by atoms with Crippen LogP contribution < -0.4 is 14.8 Å². The maximum absolute atomic E-state index is 5.91. The van der Waals surface area contributed by atoms with E-state index in [1.807, 2.05) is 72.4 Å². The number of rotatable bonds is 7. The van der Waals surface area contributed by atoms with Gasteiger partial charge in [0.25, 0.3) is 0 Å². The molecule has 5 nitrogen and oxygen atoms in total. The van der Waals surface area contributed by atoms with Crippen molar-refractivity contribution in [1.29, 1.82) is 0 Å². The van der Waals surface area contributed by atoms with Crippen LogP contribution in [-0.4, -0.2) is 23.7 Å². The Morgan fingerprint density at radius 3 is 2.86 bits per heavy atom. The Labute approximate surface area is 174 Å². The van der Waals surface area contributed by atoms with Gasteiger partial charge in [0.05, 0.1) is 13.0 Å². The van der Waals surface area contributed by atoms with Crippen molar-refractivity contribution in [3.63, 3.8) is 0 Å². The molecule has 1 aliphatic rings. The molecule has 0 spiro atoms. The van der Waals surface area contributed by atoms with E-state index in [1.165, 1.54) is 5.70 Å². The topological polar surface area (TPSA) is 56.5 Å². The summed E-state index contributed by atoms with van der Waals surface area (Å²) in [6.45, 7) is 0.303. The molecule has 2 aromatic carbocycles. The van der Waals surface area contributed by atoms with Crippen LogP contribution in [0.1, 0.15) is 11.3 Å². The van der Waals surface area contributed by atoms with E-state index in [4.69, 9.17) is 13.9 Å². The minimum absolute atomic E-state index is 0.303. The molecule has 29 heavy (non-hydrogen) atoms. The summed E-state index contributed by atoms with van der Waals surface area (Å²) in [7, 11) is 1.64. The Balaban J connectivity index is 1.40. The molecular weight excluding hydrogens is 384 g/mol. The molecule has 1 aromatic heterocycles. The van der Waals surface area contributed by atoms with E-state index in [-0.39, 0.29) is 0 Å². The number of aromatic nitrogens is 1. The summed E-state index contributed by atoms with van der Waals surface area (Å²) in [5, 5.41) is 3.33. The average molecular weight is 407 g/mol. The molecule has 1 saturated heterocycles. The van der Waals surface area contributed by atoms with Crippen LogP contribution in [0.15, 0.2) is 77.1 Å². The number of benzene rings is 2. The fourth-order valence-electron chi connectivity index (χ4n) is 2.88. The van der Waals surface area contributed by atoms with Crippen LogP contribution in [0.2, 0.25) is 0 Å². The molecule has 2 heterocycles. The van der Waals surface area contributed by atoms with E-state index in [2.05, 4.69) is 16.4 Å². The van der Waals surface area contributed by atoms with Crippen molar-refractivity contribution in [2.24, 2.45) is 0 Å². The van der Waals surface area contributed by atoms with Crippen molar-refractivity contribution in [1.82, 2.24) is 10.3 Å². The van der Waals surface area contributed by atoms with Gasteiger partial charge in [0, 0.05) is 17.0 Å². The summed E-state index contributed by atoms with van der Waals surface area (Å²) in [6, 6.07) is 15.7. The molecular formula is C23H22N2O3S. The predicted octanol–water partition coefficient (Wildman–Crippen LogP) is 5.12. The number of nitrogens with zero attached hydrogens (tertiary/aromatic N) is 1. The van der Waals surface area contributed by atoms with E-state index in [9.17, 15) is 0 Å². The van der Waals surface area contributed by atoms with Crippen molar-refractivity contribution in [2.75, 3.05) is 18.7 Å². The maximum atomic E-state index is 5.91. The first-order valence-electron chi connectivity index (χ1n) is 9.31. The van der Waals surface area contributed by atoms with Crippen molar-refractivity contribution < 1.29 is 13.9 Å². The first-order valence-corrected chi connectivity index (χ1v) is 10.5. The molecule has 4 rings (SSSR count). The molecule has 0 atom stereocenters. The molecule has 1 fully saturated rings. The smallest absolute Gasteiger partial charge is 0.226 e. The van der Waals surface area contributed by atoms with Crippen molar-refractivity contribution in [2.45, 2.75) is 6.61 Å². The van der Waals surface area contributed by atoms with Gasteiger partial charge in [-0.15, -0.1) is 11.8 Å². The third-order valence-electron chi connectivity index (χ3n) is 4.38. The summed E-state index contributed by atoms with van der Waals surface area (Å²) < 4.78 is 17.0. The number of allylic oxidation sites excluding steroid dienone is 2. The number of methoxy groups -OCH3 is 1. The number of hydrogen-bond acceptors (Lipinski definition) is 6. The molecule has 0 aliphatic carbocycles. The Bertz CT molecular complexity index is 1000. The van der Waals surface area contributed by atoms with Gasteiger partial charge in [-0.25, -0.2) is 4.98 Å². The minimum Gasteiger partial charge on any atom is -0.493 e. The van der Waals surface area contributed by atoms with Gasteiger partial charge in [-0.05, 0) is 35.9 Å². The SMILES string of the molecule is COc1cc(C=CC=C2CSCN2)ccc1OCc1coc(-c2ccccc2)n1. The molecule has 0 radical (unpaired) electrons. The first kappa shape index (κ1) is 19.2. The van der Waals surface area contributed by atoms with Crippen LogP contribution in [-0.2, 0) is 6.61 Å². The normalized spacial score (nSPS) is 15.0. The highest BCUT2D eigenvalue weighted by atomic mass is 32.2. The molecule has 0 amide bonds. The number of nitrogens with one attached hydrogen (secondary N) is 1. The Hall–Kier alpha value is -3.12. The number of thioether (sulfide) groups is 1. The van der Waals surface area contributed by atoms with Gasteiger partial charge in [0.2, 0.25) is 5.89 Å². The molecule has 6 heteroatoms. The molecule has 0 saturated carbocycles. The first-order chi connectivity index (χ1) is 14.3. The second-order valence-electron chi connectivity index (χ2n) is 6.43. The second kappa shape index (κ2) is 9.39. The Morgan fingerprint density at radius 1 is 1.17 bits per heavy atom. The van der Waals surface area contributed by atoms with Crippen molar-refractivity contribution >= 4 is 17.8 Å². The molecule has 1 aliphatic heterocycles. The lowest BCUT2D eigenvalue weighted by Crippen LogP contribution is -2.02. The average Bonchev–Trinajstić information content (AvgIpc) is 3.45. The minimum atomic E-state index is 0.303.